The maximum atomic E-state index is 13.7. The Morgan fingerprint density at radius 1 is 1.33 bits per heavy atom. The van der Waals surface area contributed by atoms with Crippen LogP contribution in [0.2, 0.25) is 0 Å². The summed E-state index contributed by atoms with van der Waals surface area (Å²) in [4.78, 5) is 16.2. The van der Waals surface area contributed by atoms with Gasteiger partial charge in [-0.2, -0.15) is 0 Å². The van der Waals surface area contributed by atoms with E-state index in [1.54, 1.807) is 12.1 Å². The predicted molar refractivity (Wildman–Crippen MR) is 75.9 cm³/mol. The van der Waals surface area contributed by atoms with Crippen molar-refractivity contribution in [2.24, 2.45) is 5.92 Å². The third-order valence-electron chi connectivity index (χ3n) is 3.63. The van der Waals surface area contributed by atoms with Crippen molar-refractivity contribution in [1.82, 2.24) is 10.3 Å². The smallest absolute Gasteiger partial charge is 0.229 e. The molecule has 0 saturated carbocycles. The van der Waals surface area contributed by atoms with Crippen LogP contribution in [0.25, 0.3) is 10.9 Å². The molecule has 21 heavy (non-hydrogen) atoms. The molecule has 1 aliphatic rings. The average molecular weight is 291 g/mol. The number of piperidine rings is 1. The van der Waals surface area contributed by atoms with Crippen LogP contribution in [0.3, 0.4) is 0 Å². The highest BCUT2D eigenvalue weighted by atomic mass is 19.1. The summed E-state index contributed by atoms with van der Waals surface area (Å²) in [5.41, 5.74) is 0.0518. The van der Waals surface area contributed by atoms with E-state index in [0.717, 1.165) is 25.5 Å². The van der Waals surface area contributed by atoms with Crippen molar-refractivity contribution >= 4 is 22.6 Å². The SMILES string of the molecule is O=C(Nc1ccc2cc(F)cc(F)c2n1)C1CCCNC1. The molecule has 1 atom stereocenters. The topological polar surface area (TPSA) is 54.0 Å². The molecule has 3 rings (SSSR count). The second-order valence-electron chi connectivity index (χ2n) is 5.19. The van der Waals surface area contributed by atoms with Crippen molar-refractivity contribution in [3.63, 3.8) is 0 Å². The summed E-state index contributed by atoms with van der Waals surface area (Å²) in [5, 5.41) is 6.22. The number of rotatable bonds is 2. The minimum atomic E-state index is -0.736. The Morgan fingerprint density at radius 3 is 2.95 bits per heavy atom. The zero-order valence-corrected chi connectivity index (χ0v) is 11.3. The fraction of sp³-hybridized carbons (Fsp3) is 0.333. The number of hydrogen-bond donors (Lipinski definition) is 2. The number of carbonyl (C=O) groups is 1. The van der Waals surface area contributed by atoms with Crippen LogP contribution in [0.1, 0.15) is 12.8 Å². The molecule has 2 aromatic rings. The maximum Gasteiger partial charge on any atom is 0.229 e. The molecule has 110 valence electrons. The fourth-order valence-electron chi connectivity index (χ4n) is 2.53. The second kappa shape index (κ2) is 5.73. The number of pyridine rings is 1. The van der Waals surface area contributed by atoms with Crippen LogP contribution in [-0.4, -0.2) is 24.0 Å². The Balaban J connectivity index is 1.82. The molecule has 1 aromatic heterocycles. The summed E-state index contributed by atoms with van der Waals surface area (Å²) in [6.45, 7) is 1.56. The van der Waals surface area contributed by atoms with Crippen LogP contribution < -0.4 is 10.6 Å². The Kier molecular flexibility index (Phi) is 3.79. The summed E-state index contributed by atoms with van der Waals surface area (Å²) >= 11 is 0. The number of nitrogens with zero attached hydrogens (tertiary/aromatic N) is 1. The van der Waals surface area contributed by atoms with Crippen LogP contribution in [-0.2, 0) is 4.79 Å². The molecule has 0 radical (unpaired) electrons. The number of anilines is 1. The van der Waals surface area contributed by atoms with Gasteiger partial charge in [-0.15, -0.1) is 0 Å². The van der Waals surface area contributed by atoms with E-state index in [-0.39, 0.29) is 23.2 Å². The third-order valence-corrected chi connectivity index (χ3v) is 3.63. The van der Waals surface area contributed by atoms with Crippen LogP contribution in [0.4, 0.5) is 14.6 Å². The van der Waals surface area contributed by atoms with E-state index < -0.39 is 11.6 Å². The number of hydrogen-bond acceptors (Lipinski definition) is 3. The standard InChI is InChI=1S/C15H15F2N3O/c16-11-6-9-3-4-13(19-14(9)12(17)7-11)20-15(21)10-2-1-5-18-8-10/h3-4,6-7,10,18H,1-2,5,8H2,(H,19,20,21). The van der Waals surface area contributed by atoms with Gasteiger partial charge >= 0.3 is 0 Å². The number of fused-ring (bicyclic) bond motifs is 1. The molecular weight excluding hydrogens is 276 g/mol. The minimum Gasteiger partial charge on any atom is -0.316 e. The van der Waals surface area contributed by atoms with Gasteiger partial charge in [-0.25, -0.2) is 13.8 Å². The van der Waals surface area contributed by atoms with E-state index in [2.05, 4.69) is 15.6 Å². The molecule has 2 N–H and O–H groups in total. The Bertz CT molecular complexity index is 684. The lowest BCUT2D eigenvalue weighted by atomic mass is 9.99. The molecule has 6 heteroatoms. The lowest BCUT2D eigenvalue weighted by Gasteiger charge is -2.21. The lowest BCUT2D eigenvalue weighted by molar-refractivity contribution is -0.120. The number of aromatic nitrogens is 1. The van der Waals surface area contributed by atoms with Gasteiger partial charge in [0.15, 0.2) is 5.82 Å². The van der Waals surface area contributed by atoms with E-state index in [1.165, 1.54) is 6.07 Å². The number of nitrogens with one attached hydrogen (secondary N) is 2. The molecule has 4 nitrogen and oxygen atoms in total. The van der Waals surface area contributed by atoms with Crippen molar-refractivity contribution in [1.29, 1.82) is 0 Å². The van der Waals surface area contributed by atoms with Gasteiger partial charge in [0.2, 0.25) is 5.91 Å². The van der Waals surface area contributed by atoms with Crippen LogP contribution in [0, 0.1) is 17.6 Å². The molecule has 1 aliphatic heterocycles. The van der Waals surface area contributed by atoms with E-state index in [0.29, 0.717) is 11.9 Å². The molecule has 1 saturated heterocycles. The van der Waals surface area contributed by atoms with Gasteiger partial charge in [0.1, 0.15) is 17.2 Å². The van der Waals surface area contributed by atoms with E-state index >= 15 is 0 Å². The largest absolute Gasteiger partial charge is 0.316 e. The molecule has 1 fully saturated rings. The summed E-state index contributed by atoms with van der Waals surface area (Å²) in [5.74, 6) is -1.33. The third kappa shape index (κ3) is 3.00. The first-order valence-corrected chi connectivity index (χ1v) is 6.91. The van der Waals surface area contributed by atoms with Gasteiger partial charge in [-0.1, -0.05) is 0 Å². The second-order valence-corrected chi connectivity index (χ2v) is 5.19. The van der Waals surface area contributed by atoms with Gasteiger partial charge in [-0.05, 0) is 37.6 Å². The Labute approximate surface area is 120 Å². The first-order chi connectivity index (χ1) is 10.1. The number of amides is 1. The van der Waals surface area contributed by atoms with Crippen molar-refractivity contribution in [2.75, 3.05) is 18.4 Å². The van der Waals surface area contributed by atoms with Crippen LogP contribution >= 0.6 is 0 Å². The molecule has 0 aliphatic carbocycles. The summed E-state index contributed by atoms with van der Waals surface area (Å²) < 4.78 is 26.8. The molecule has 0 spiro atoms. The zero-order valence-electron chi connectivity index (χ0n) is 11.3. The molecule has 1 aromatic carbocycles. The van der Waals surface area contributed by atoms with Crippen LogP contribution in [0.5, 0.6) is 0 Å². The van der Waals surface area contributed by atoms with E-state index in [4.69, 9.17) is 0 Å². The fourth-order valence-corrected chi connectivity index (χ4v) is 2.53. The van der Waals surface area contributed by atoms with Crippen molar-refractivity contribution in [3.8, 4) is 0 Å². The van der Waals surface area contributed by atoms with Gasteiger partial charge < -0.3 is 10.6 Å². The quantitative estimate of drug-likeness (QED) is 0.893. The first-order valence-electron chi connectivity index (χ1n) is 6.91. The number of halogens is 2. The van der Waals surface area contributed by atoms with Gasteiger partial charge in [-0.3, -0.25) is 4.79 Å². The highest BCUT2D eigenvalue weighted by Crippen LogP contribution is 2.20. The summed E-state index contributed by atoms with van der Waals surface area (Å²) in [6, 6.07) is 5.09. The Hall–Kier alpha value is -2.08. The van der Waals surface area contributed by atoms with Crippen molar-refractivity contribution in [3.05, 3.63) is 35.9 Å². The van der Waals surface area contributed by atoms with Gasteiger partial charge in [0.05, 0.1) is 5.92 Å². The first kappa shape index (κ1) is 13.9. The molecule has 0 bridgehead atoms. The summed E-state index contributed by atoms with van der Waals surface area (Å²) in [7, 11) is 0. The van der Waals surface area contributed by atoms with Gasteiger partial charge in [0.25, 0.3) is 0 Å². The number of carbonyl (C=O) groups excluding carboxylic acids is 1. The molecular formula is C15H15F2N3O. The van der Waals surface area contributed by atoms with Gasteiger partial charge in [0, 0.05) is 18.0 Å². The minimum absolute atomic E-state index is 0.0518. The molecule has 2 heterocycles. The predicted octanol–water partition coefficient (Wildman–Crippen LogP) is 2.45. The normalized spacial score (nSPS) is 18.7. The zero-order chi connectivity index (χ0) is 14.8. The van der Waals surface area contributed by atoms with Crippen molar-refractivity contribution in [2.45, 2.75) is 12.8 Å². The molecule has 1 unspecified atom stereocenters. The van der Waals surface area contributed by atoms with Crippen molar-refractivity contribution < 1.29 is 13.6 Å². The highest BCUT2D eigenvalue weighted by Gasteiger charge is 2.21. The van der Waals surface area contributed by atoms with Crippen LogP contribution in [0.15, 0.2) is 24.3 Å². The maximum absolute atomic E-state index is 13.7. The van der Waals surface area contributed by atoms with E-state index in [9.17, 15) is 13.6 Å². The lowest BCUT2D eigenvalue weighted by Crippen LogP contribution is -2.37. The highest BCUT2D eigenvalue weighted by molar-refractivity contribution is 5.93. The summed E-state index contributed by atoms with van der Waals surface area (Å²) in [6.07, 6.45) is 1.78. The monoisotopic (exact) mass is 291 g/mol. The van der Waals surface area contributed by atoms with E-state index in [1.807, 2.05) is 0 Å². The average Bonchev–Trinajstić information content (AvgIpc) is 2.48. The molecule has 1 amide bonds. The number of benzene rings is 1. The Morgan fingerprint density at radius 2 is 2.19 bits per heavy atom.